The monoisotopic (exact) mass is 342 g/mol. The van der Waals surface area contributed by atoms with E-state index in [1.165, 1.54) is 39.7 Å². The number of nitrogen functional groups attached to an aromatic ring is 1. The molecule has 0 spiro atoms. The van der Waals surface area contributed by atoms with Gasteiger partial charge >= 0.3 is 0 Å². The summed E-state index contributed by atoms with van der Waals surface area (Å²) < 4.78 is 14.8. The highest BCUT2D eigenvalue weighted by molar-refractivity contribution is 7.98. The molecule has 24 heavy (non-hydrogen) atoms. The van der Waals surface area contributed by atoms with Crippen molar-refractivity contribution in [3.05, 3.63) is 65.5 Å². The third-order valence-corrected chi connectivity index (χ3v) is 4.78. The Bertz CT molecular complexity index is 827. The molecule has 0 atom stereocenters. The van der Waals surface area contributed by atoms with Crippen molar-refractivity contribution in [1.29, 1.82) is 0 Å². The summed E-state index contributed by atoms with van der Waals surface area (Å²) in [7, 11) is 0. The minimum Gasteiger partial charge on any atom is -0.335 e. The number of aromatic nitrogens is 3. The first-order valence-corrected chi connectivity index (χ1v) is 8.71. The summed E-state index contributed by atoms with van der Waals surface area (Å²) in [5, 5.41) is 8.79. The van der Waals surface area contributed by atoms with Gasteiger partial charge in [0.1, 0.15) is 5.82 Å². The van der Waals surface area contributed by atoms with Gasteiger partial charge in [-0.25, -0.2) is 9.07 Å². The van der Waals surface area contributed by atoms with Gasteiger partial charge in [-0.05, 0) is 29.2 Å². The second-order valence-corrected chi connectivity index (χ2v) is 6.81. The summed E-state index contributed by atoms with van der Waals surface area (Å²) in [6.07, 6.45) is 0. The van der Waals surface area contributed by atoms with Crippen LogP contribution in [0.4, 0.5) is 4.39 Å². The van der Waals surface area contributed by atoms with Crippen LogP contribution in [0.25, 0.3) is 11.4 Å². The predicted molar refractivity (Wildman–Crippen MR) is 95.7 cm³/mol. The molecule has 0 radical (unpaired) electrons. The van der Waals surface area contributed by atoms with Crippen LogP contribution >= 0.6 is 11.8 Å². The molecule has 0 saturated carbocycles. The molecule has 1 aromatic heterocycles. The van der Waals surface area contributed by atoms with Crippen LogP contribution in [0.3, 0.4) is 0 Å². The lowest BCUT2D eigenvalue weighted by Gasteiger charge is -2.07. The first-order chi connectivity index (χ1) is 11.5. The SMILES string of the molecule is CC(C)c1ccc(CSc2nnc(-c3cccc(F)c3)n2N)cc1. The zero-order chi connectivity index (χ0) is 17.1. The van der Waals surface area contributed by atoms with E-state index in [0.717, 1.165) is 5.75 Å². The fourth-order valence-corrected chi connectivity index (χ4v) is 3.16. The lowest BCUT2D eigenvalue weighted by molar-refractivity contribution is 0.628. The van der Waals surface area contributed by atoms with E-state index in [1.807, 2.05) is 0 Å². The molecule has 0 saturated heterocycles. The Morgan fingerprint density at radius 3 is 2.54 bits per heavy atom. The van der Waals surface area contributed by atoms with Gasteiger partial charge in [0.05, 0.1) is 0 Å². The topological polar surface area (TPSA) is 56.7 Å². The van der Waals surface area contributed by atoms with Crippen molar-refractivity contribution in [2.45, 2.75) is 30.7 Å². The number of thioether (sulfide) groups is 1. The molecular formula is C18H19FN4S. The summed E-state index contributed by atoms with van der Waals surface area (Å²) in [6.45, 7) is 4.35. The molecule has 0 unspecified atom stereocenters. The minimum absolute atomic E-state index is 0.324. The zero-order valence-corrected chi connectivity index (χ0v) is 14.4. The molecule has 3 rings (SSSR count). The Morgan fingerprint density at radius 1 is 1.12 bits per heavy atom. The summed E-state index contributed by atoms with van der Waals surface area (Å²) in [5.41, 5.74) is 3.12. The molecular weight excluding hydrogens is 323 g/mol. The molecule has 0 aliphatic carbocycles. The number of hydrogen-bond acceptors (Lipinski definition) is 4. The number of halogens is 1. The van der Waals surface area contributed by atoms with Crippen LogP contribution in [0.1, 0.15) is 30.9 Å². The van der Waals surface area contributed by atoms with Gasteiger partial charge in [-0.1, -0.05) is 62.0 Å². The van der Waals surface area contributed by atoms with Gasteiger partial charge in [0.25, 0.3) is 0 Å². The van der Waals surface area contributed by atoms with E-state index in [0.29, 0.717) is 22.5 Å². The number of nitrogens with two attached hydrogens (primary N) is 1. The van der Waals surface area contributed by atoms with Crippen molar-refractivity contribution in [3.8, 4) is 11.4 Å². The largest absolute Gasteiger partial charge is 0.335 e. The van der Waals surface area contributed by atoms with Gasteiger partial charge in [0.2, 0.25) is 5.16 Å². The van der Waals surface area contributed by atoms with E-state index in [4.69, 9.17) is 5.84 Å². The molecule has 1 heterocycles. The molecule has 0 aliphatic rings. The van der Waals surface area contributed by atoms with E-state index in [2.05, 4.69) is 48.3 Å². The summed E-state index contributed by atoms with van der Waals surface area (Å²) in [5.74, 6) is 7.46. The van der Waals surface area contributed by atoms with Gasteiger partial charge in [0, 0.05) is 11.3 Å². The Hall–Kier alpha value is -2.34. The molecule has 124 valence electrons. The first-order valence-electron chi connectivity index (χ1n) is 7.72. The fourth-order valence-electron chi connectivity index (χ4n) is 2.35. The third-order valence-electron chi connectivity index (χ3n) is 3.76. The highest BCUT2D eigenvalue weighted by Crippen LogP contribution is 2.25. The Morgan fingerprint density at radius 2 is 1.88 bits per heavy atom. The quantitative estimate of drug-likeness (QED) is 0.557. The molecule has 2 aromatic carbocycles. The fraction of sp³-hybridized carbons (Fsp3) is 0.222. The normalized spacial score (nSPS) is 11.2. The maximum atomic E-state index is 13.3. The Kier molecular flexibility index (Phi) is 4.85. The molecule has 0 bridgehead atoms. The summed E-state index contributed by atoms with van der Waals surface area (Å²) >= 11 is 1.50. The van der Waals surface area contributed by atoms with Crippen LogP contribution in [0.2, 0.25) is 0 Å². The van der Waals surface area contributed by atoms with Crippen LogP contribution in [-0.4, -0.2) is 14.9 Å². The molecule has 3 aromatic rings. The van der Waals surface area contributed by atoms with E-state index >= 15 is 0 Å². The smallest absolute Gasteiger partial charge is 0.210 e. The predicted octanol–water partition coefficient (Wildman–Crippen LogP) is 4.21. The lowest BCUT2D eigenvalue weighted by Crippen LogP contribution is -2.11. The van der Waals surface area contributed by atoms with Crippen LogP contribution in [-0.2, 0) is 5.75 Å². The number of hydrogen-bond donors (Lipinski definition) is 1. The Labute approximate surface area is 144 Å². The summed E-state index contributed by atoms with van der Waals surface area (Å²) in [4.78, 5) is 0. The second-order valence-electron chi connectivity index (χ2n) is 5.87. The summed E-state index contributed by atoms with van der Waals surface area (Å²) in [6, 6.07) is 14.7. The Balaban J connectivity index is 1.72. The zero-order valence-electron chi connectivity index (χ0n) is 13.6. The van der Waals surface area contributed by atoms with E-state index in [9.17, 15) is 4.39 Å². The average Bonchev–Trinajstić information content (AvgIpc) is 2.94. The number of benzene rings is 2. The van der Waals surface area contributed by atoms with Crippen LogP contribution in [0.5, 0.6) is 0 Å². The molecule has 0 aliphatic heterocycles. The van der Waals surface area contributed by atoms with Crippen LogP contribution < -0.4 is 5.84 Å². The van der Waals surface area contributed by atoms with Crippen molar-refractivity contribution in [2.24, 2.45) is 0 Å². The van der Waals surface area contributed by atoms with Crippen LogP contribution in [0, 0.1) is 5.82 Å². The standard InChI is InChI=1S/C18H19FN4S/c1-12(2)14-8-6-13(7-9-14)11-24-18-22-21-17(23(18)20)15-4-3-5-16(19)10-15/h3-10,12H,11,20H2,1-2H3. The average molecular weight is 342 g/mol. The van der Waals surface area contributed by atoms with Crippen molar-refractivity contribution in [2.75, 3.05) is 5.84 Å². The van der Waals surface area contributed by atoms with Crippen molar-refractivity contribution >= 4 is 11.8 Å². The highest BCUT2D eigenvalue weighted by atomic mass is 32.2. The van der Waals surface area contributed by atoms with Gasteiger partial charge < -0.3 is 5.84 Å². The van der Waals surface area contributed by atoms with E-state index < -0.39 is 0 Å². The van der Waals surface area contributed by atoms with Gasteiger partial charge in [-0.15, -0.1) is 10.2 Å². The van der Waals surface area contributed by atoms with E-state index in [-0.39, 0.29) is 5.82 Å². The molecule has 0 fully saturated rings. The second kappa shape index (κ2) is 7.05. The highest BCUT2D eigenvalue weighted by Gasteiger charge is 2.13. The molecule has 6 heteroatoms. The van der Waals surface area contributed by atoms with Crippen molar-refractivity contribution in [3.63, 3.8) is 0 Å². The number of rotatable bonds is 5. The van der Waals surface area contributed by atoms with Crippen LogP contribution in [0.15, 0.2) is 53.7 Å². The van der Waals surface area contributed by atoms with Crippen molar-refractivity contribution in [1.82, 2.24) is 14.9 Å². The van der Waals surface area contributed by atoms with Crippen molar-refractivity contribution < 1.29 is 4.39 Å². The molecule has 4 nitrogen and oxygen atoms in total. The number of nitrogens with zero attached hydrogens (tertiary/aromatic N) is 3. The maximum absolute atomic E-state index is 13.3. The third kappa shape index (κ3) is 3.59. The molecule has 2 N–H and O–H groups in total. The van der Waals surface area contributed by atoms with Gasteiger partial charge in [0.15, 0.2) is 5.82 Å². The van der Waals surface area contributed by atoms with E-state index in [1.54, 1.807) is 12.1 Å². The maximum Gasteiger partial charge on any atom is 0.210 e. The first kappa shape index (κ1) is 16.5. The van der Waals surface area contributed by atoms with Gasteiger partial charge in [-0.2, -0.15) is 0 Å². The minimum atomic E-state index is -0.324. The lowest BCUT2D eigenvalue weighted by atomic mass is 10.0. The molecule has 0 amide bonds. The van der Waals surface area contributed by atoms with Gasteiger partial charge in [-0.3, -0.25) is 0 Å².